The third-order valence-corrected chi connectivity index (χ3v) is 5.99. The van der Waals surface area contributed by atoms with Gasteiger partial charge in [-0.25, -0.2) is 0 Å². The molecule has 4 bridgehead atoms. The van der Waals surface area contributed by atoms with Gasteiger partial charge in [0, 0.05) is 19.8 Å². The van der Waals surface area contributed by atoms with E-state index < -0.39 is 0 Å². The minimum Gasteiger partial charge on any atom is -0.385 e. The summed E-state index contributed by atoms with van der Waals surface area (Å²) in [6.07, 6.45) is 12.6. The van der Waals surface area contributed by atoms with Crippen LogP contribution in [-0.4, -0.2) is 19.8 Å². The van der Waals surface area contributed by atoms with Gasteiger partial charge in [-0.15, -0.1) is 0 Å². The van der Waals surface area contributed by atoms with E-state index in [9.17, 15) is 0 Å². The molecule has 0 aromatic rings. The minimum atomic E-state index is 0.461. The molecule has 0 heterocycles. The third-order valence-electron chi connectivity index (χ3n) is 5.99. The smallest absolute Gasteiger partial charge is 0.0462 e. The van der Waals surface area contributed by atoms with Gasteiger partial charge in [-0.1, -0.05) is 0 Å². The average molecular weight is 251 g/mol. The Kier molecular flexibility index (Phi) is 3.68. The Morgan fingerprint density at radius 3 is 2.11 bits per heavy atom. The Bertz CT molecular complexity index is 254. The predicted molar refractivity (Wildman–Crippen MR) is 74.3 cm³/mol. The van der Waals surface area contributed by atoms with E-state index >= 15 is 0 Å². The Balaban J connectivity index is 1.57. The summed E-state index contributed by atoms with van der Waals surface area (Å²) in [4.78, 5) is 0. The lowest BCUT2D eigenvalue weighted by atomic mass is 9.47. The minimum absolute atomic E-state index is 0.461. The van der Waals surface area contributed by atoms with Gasteiger partial charge >= 0.3 is 0 Å². The van der Waals surface area contributed by atoms with Crippen molar-refractivity contribution in [1.82, 2.24) is 0 Å². The molecule has 4 saturated carbocycles. The number of hydrogen-bond acceptors (Lipinski definition) is 2. The van der Waals surface area contributed by atoms with E-state index in [1.54, 1.807) is 7.11 Å². The van der Waals surface area contributed by atoms with Crippen LogP contribution in [0.15, 0.2) is 0 Å². The molecule has 4 aliphatic rings. The van der Waals surface area contributed by atoms with E-state index in [2.05, 4.69) is 0 Å². The zero-order chi connectivity index (χ0) is 12.6. The lowest BCUT2D eigenvalue weighted by molar-refractivity contribution is -0.0685. The first-order valence-electron chi connectivity index (χ1n) is 7.96. The topological polar surface area (TPSA) is 35.2 Å². The van der Waals surface area contributed by atoms with E-state index in [4.69, 9.17) is 10.5 Å². The highest BCUT2D eigenvalue weighted by atomic mass is 16.5. The Hall–Kier alpha value is -0.0800. The molecule has 0 spiro atoms. The summed E-state index contributed by atoms with van der Waals surface area (Å²) < 4.78 is 5.13. The van der Waals surface area contributed by atoms with E-state index in [-0.39, 0.29) is 0 Å². The van der Waals surface area contributed by atoms with Gasteiger partial charge in [0.1, 0.15) is 0 Å². The first-order valence-corrected chi connectivity index (χ1v) is 7.96. The lowest BCUT2D eigenvalue weighted by Gasteiger charge is -2.59. The van der Waals surface area contributed by atoms with Gasteiger partial charge in [0.05, 0.1) is 0 Å². The van der Waals surface area contributed by atoms with Crippen LogP contribution in [0.2, 0.25) is 0 Å². The summed E-state index contributed by atoms with van der Waals surface area (Å²) in [7, 11) is 1.79. The Morgan fingerprint density at radius 1 is 1.06 bits per heavy atom. The number of rotatable bonds is 6. The van der Waals surface area contributed by atoms with Gasteiger partial charge in [0.2, 0.25) is 0 Å². The lowest BCUT2D eigenvalue weighted by Crippen LogP contribution is -2.54. The monoisotopic (exact) mass is 251 g/mol. The summed E-state index contributed by atoms with van der Waals surface area (Å²) in [5.41, 5.74) is 7.16. The van der Waals surface area contributed by atoms with Crippen molar-refractivity contribution in [3.8, 4) is 0 Å². The fraction of sp³-hybridized carbons (Fsp3) is 1.00. The number of methoxy groups -OCH3 is 1. The largest absolute Gasteiger partial charge is 0.385 e. The van der Waals surface area contributed by atoms with Gasteiger partial charge in [-0.2, -0.15) is 0 Å². The average Bonchev–Trinajstić information content (AvgIpc) is 2.32. The standard InChI is InChI=1S/C16H29NO/c1-18-5-3-2-4-15(17)16-9-12-6-13(10-16)8-14(7-12)11-16/h12-15H,2-11,17H2,1H3. The zero-order valence-corrected chi connectivity index (χ0v) is 11.9. The van der Waals surface area contributed by atoms with E-state index in [1.165, 1.54) is 57.8 Å². The molecule has 4 aliphatic carbocycles. The number of nitrogens with two attached hydrogens (primary N) is 1. The maximum absolute atomic E-state index is 6.61. The van der Waals surface area contributed by atoms with Crippen LogP contribution in [0.4, 0.5) is 0 Å². The highest BCUT2D eigenvalue weighted by molar-refractivity contribution is 5.05. The third kappa shape index (κ3) is 2.34. The molecule has 1 atom stereocenters. The van der Waals surface area contributed by atoms with Gasteiger partial charge < -0.3 is 10.5 Å². The van der Waals surface area contributed by atoms with Crippen molar-refractivity contribution in [3.05, 3.63) is 0 Å². The van der Waals surface area contributed by atoms with Crippen LogP contribution in [0.25, 0.3) is 0 Å². The number of ether oxygens (including phenoxy) is 1. The molecule has 2 heteroatoms. The quantitative estimate of drug-likeness (QED) is 0.735. The molecule has 4 fully saturated rings. The SMILES string of the molecule is COCCCCC(N)C12CC3CC(CC(C3)C1)C2. The second-order valence-electron chi connectivity index (χ2n) is 7.38. The molecule has 0 aromatic heterocycles. The van der Waals surface area contributed by atoms with Gasteiger partial charge in [-0.3, -0.25) is 0 Å². The van der Waals surface area contributed by atoms with Crippen LogP contribution in [0, 0.1) is 23.2 Å². The second-order valence-corrected chi connectivity index (χ2v) is 7.38. The van der Waals surface area contributed by atoms with Crippen LogP contribution in [0.1, 0.15) is 57.8 Å². The summed E-state index contributed by atoms with van der Waals surface area (Å²) >= 11 is 0. The molecule has 4 rings (SSSR count). The summed E-state index contributed by atoms with van der Waals surface area (Å²) in [6, 6.07) is 0.461. The molecule has 2 nitrogen and oxygen atoms in total. The molecule has 18 heavy (non-hydrogen) atoms. The van der Waals surface area contributed by atoms with E-state index in [0.29, 0.717) is 11.5 Å². The molecule has 1 unspecified atom stereocenters. The zero-order valence-electron chi connectivity index (χ0n) is 11.9. The molecule has 0 amide bonds. The highest BCUT2D eigenvalue weighted by Crippen LogP contribution is 2.61. The van der Waals surface area contributed by atoms with Crippen molar-refractivity contribution in [1.29, 1.82) is 0 Å². The maximum atomic E-state index is 6.61. The van der Waals surface area contributed by atoms with Crippen LogP contribution in [0.5, 0.6) is 0 Å². The first-order chi connectivity index (χ1) is 8.72. The van der Waals surface area contributed by atoms with Crippen molar-refractivity contribution in [3.63, 3.8) is 0 Å². The van der Waals surface area contributed by atoms with Crippen LogP contribution >= 0.6 is 0 Å². The Labute approximate surface area is 112 Å². The molecule has 104 valence electrons. The highest BCUT2D eigenvalue weighted by Gasteiger charge is 2.52. The molecular formula is C16H29NO. The maximum Gasteiger partial charge on any atom is 0.0462 e. The molecular weight excluding hydrogens is 222 g/mol. The van der Waals surface area contributed by atoms with E-state index in [0.717, 1.165) is 24.4 Å². The summed E-state index contributed by atoms with van der Waals surface area (Å²) in [6.45, 7) is 0.896. The molecule has 0 saturated heterocycles. The van der Waals surface area contributed by atoms with Crippen LogP contribution < -0.4 is 5.73 Å². The van der Waals surface area contributed by atoms with Crippen molar-refractivity contribution in [2.45, 2.75) is 63.8 Å². The fourth-order valence-electron chi connectivity index (χ4n) is 5.55. The van der Waals surface area contributed by atoms with Gasteiger partial charge in [0.15, 0.2) is 0 Å². The van der Waals surface area contributed by atoms with Crippen LogP contribution in [-0.2, 0) is 4.74 Å². The van der Waals surface area contributed by atoms with Gasteiger partial charge in [0.25, 0.3) is 0 Å². The Morgan fingerprint density at radius 2 is 1.61 bits per heavy atom. The van der Waals surface area contributed by atoms with Crippen LogP contribution in [0.3, 0.4) is 0 Å². The van der Waals surface area contributed by atoms with Gasteiger partial charge in [-0.05, 0) is 81.0 Å². The first kappa shape index (κ1) is 12.9. The number of hydrogen-bond donors (Lipinski definition) is 1. The van der Waals surface area contributed by atoms with Crippen molar-refractivity contribution in [2.75, 3.05) is 13.7 Å². The molecule has 2 N–H and O–H groups in total. The fourth-order valence-corrected chi connectivity index (χ4v) is 5.55. The van der Waals surface area contributed by atoms with E-state index in [1.807, 2.05) is 0 Å². The molecule has 0 radical (unpaired) electrons. The number of unbranched alkanes of at least 4 members (excludes halogenated alkanes) is 1. The van der Waals surface area contributed by atoms with Crippen molar-refractivity contribution >= 4 is 0 Å². The van der Waals surface area contributed by atoms with Crippen molar-refractivity contribution < 1.29 is 4.74 Å². The predicted octanol–water partition coefficient (Wildman–Crippen LogP) is 3.35. The normalized spacial score (nSPS) is 43.3. The summed E-state index contributed by atoms with van der Waals surface area (Å²) in [5, 5.41) is 0. The van der Waals surface area contributed by atoms with Crippen molar-refractivity contribution in [2.24, 2.45) is 28.9 Å². The second kappa shape index (κ2) is 5.13. The summed E-state index contributed by atoms with van der Waals surface area (Å²) in [5.74, 6) is 3.09. The molecule has 0 aliphatic heterocycles. The molecule has 0 aromatic carbocycles.